The molecule has 0 bridgehead atoms. The molecule has 1 saturated heterocycles. The minimum atomic E-state index is 0.397. The van der Waals surface area contributed by atoms with Gasteiger partial charge in [0.2, 0.25) is 0 Å². The van der Waals surface area contributed by atoms with E-state index in [0.29, 0.717) is 6.10 Å². The van der Waals surface area contributed by atoms with Crippen LogP contribution in [0.4, 0.5) is 0 Å². The molecule has 1 aliphatic rings. The molecule has 1 aromatic heterocycles. The molecule has 0 saturated carbocycles. The number of rotatable bonds is 2. The molecule has 0 amide bonds. The van der Waals surface area contributed by atoms with Crippen molar-refractivity contribution in [3.8, 4) is 0 Å². The lowest BCUT2D eigenvalue weighted by molar-refractivity contribution is 0.111. The summed E-state index contributed by atoms with van der Waals surface area (Å²) < 4.78 is 6.52. The molecule has 1 aliphatic heterocycles. The predicted octanol–water partition coefficient (Wildman–Crippen LogP) is 1.86. The van der Waals surface area contributed by atoms with E-state index in [2.05, 4.69) is 32.8 Å². The topological polar surface area (TPSA) is 35.0 Å². The number of hydrogen-bond donors (Lipinski definition) is 0. The van der Waals surface area contributed by atoms with Gasteiger partial charge >= 0.3 is 0 Å². The normalized spacial score (nSPS) is 23.2. The maximum absolute atomic E-state index is 5.50. The lowest BCUT2D eigenvalue weighted by Crippen LogP contribution is -2.08. The summed E-state index contributed by atoms with van der Waals surface area (Å²) in [6, 6.07) is 0. The molecule has 66 valence electrons. The van der Waals surface area contributed by atoms with Crippen LogP contribution >= 0.6 is 33.9 Å². The zero-order valence-corrected chi connectivity index (χ0v) is 9.47. The molecule has 1 aromatic rings. The molecule has 1 unspecified atom stereocenters. The Labute approximate surface area is 88.7 Å². The summed E-state index contributed by atoms with van der Waals surface area (Å²) in [5.74, 6) is 0. The van der Waals surface area contributed by atoms with Crippen LogP contribution < -0.4 is 0 Å². The molecule has 0 spiro atoms. The van der Waals surface area contributed by atoms with Crippen molar-refractivity contribution in [1.29, 1.82) is 0 Å². The number of nitrogens with zero attached hydrogens (tertiary/aromatic N) is 2. The van der Waals surface area contributed by atoms with Gasteiger partial charge in [0.05, 0.1) is 6.10 Å². The van der Waals surface area contributed by atoms with Gasteiger partial charge in [0.25, 0.3) is 0 Å². The Morgan fingerprint density at radius 3 is 3.08 bits per heavy atom. The summed E-state index contributed by atoms with van der Waals surface area (Å²) in [6.45, 7) is 0.917. The summed E-state index contributed by atoms with van der Waals surface area (Å²) >= 11 is 3.85. The molecule has 0 N–H and O–H groups in total. The van der Waals surface area contributed by atoms with E-state index in [1.807, 2.05) is 0 Å². The summed E-state index contributed by atoms with van der Waals surface area (Å²) in [5.41, 5.74) is 0. The van der Waals surface area contributed by atoms with Gasteiger partial charge < -0.3 is 4.74 Å². The van der Waals surface area contributed by atoms with Crippen molar-refractivity contribution in [2.75, 3.05) is 6.61 Å². The van der Waals surface area contributed by atoms with E-state index in [0.717, 1.165) is 21.0 Å². The second kappa shape index (κ2) is 3.97. The molecule has 1 fully saturated rings. The van der Waals surface area contributed by atoms with Crippen molar-refractivity contribution in [2.24, 2.45) is 0 Å². The third-order valence-electron chi connectivity index (χ3n) is 1.87. The van der Waals surface area contributed by atoms with Gasteiger partial charge in [-0.2, -0.15) is 0 Å². The van der Waals surface area contributed by atoms with E-state index in [-0.39, 0.29) is 0 Å². The fraction of sp³-hybridized carbons (Fsp3) is 0.714. The molecule has 2 heterocycles. The highest BCUT2D eigenvalue weighted by molar-refractivity contribution is 14.1. The van der Waals surface area contributed by atoms with Gasteiger partial charge in [-0.1, -0.05) is 11.3 Å². The van der Waals surface area contributed by atoms with Crippen LogP contribution in [0.3, 0.4) is 0 Å². The minimum Gasteiger partial charge on any atom is -0.378 e. The SMILES string of the molecule is Ic1nnc(CC2CCCO2)s1. The number of aromatic nitrogens is 2. The fourth-order valence-corrected chi connectivity index (χ4v) is 2.81. The largest absolute Gasteiger partial charge is 0.378 e. The van der Waals surface area contributed by atoms with Crippen molar-refractivity contribution in [3.05, 3.63) is 8.02 Å². The van der Waals surface area contributed by atoms with E-state index in [1.54, 1.807) is 11.3 Å². The van der Waals surface area contributed by atoms with Crippen LogP contribution in [0.1, 0.15) is 17.8 Å². The van der Waals surface area contributed by atoms with Gasteiger partial charge in [-0.3, -0.25) is 0 Å². The average Bonchev–Trinajstić information content (AvgIpc) is 2.63. The van der Waals surface area contributed by atoms with Crippen LogP contribution in [0.5, 0.6) is 0 Å². The van der Waals surface area contributed by atoms with Crippen molar-refractivity contribution in [2.45, 2.75) is 25.4 Å². The summed E-state index contributed by atoms with van der Waals surface area (Å²) in [6.07, 6.45) is 3.71. The molecule has 5 heteroatoms. The average molecular weight is 296 g/mol. The van der Waals surface area contributed by atoms with Crippen LogP contribution in [-0.4, -0.2) is 22.9 Å². The summed E-state index contributed by atoms with van der Waals surface area (Å²) in [4.78, 5) is 0. The number of halogens is 1. The first-order valence-electron chi connectivity index (χ1n) is 3.94. The lowest BCUT2D eigenvalue weighted by Gasteiger charge is -2.04. The van der Waals surface area contributed by atoms with Gasteiger partial charge in [-0.15, -0.1) is 10.2 Å². The summed E-state index contributed by atoms with van der Waals surface area (Å²) in [7, 11) is 0. The molecule has 3 nitrogen and oxygen atoms in total. The standard InChI is InChI=1S/C7H9IN2OS/c8-7-10-9-6(12-7)4-5-2-1-3-11-5/h5H,1-4H2. The second-order valence-corrected chi connectivity index (χ2v) is 5.60. The molecule has 0 aromatic carbocycles. The molecule has 0 aliphatic carbocycles. The summed E-state index contributed by atoms with van der Waals surface area (Å²) in [5, 5.41) is 9.12. The van der Waals surface area contributed by atoms with Gasteiger partial charge in [-0.25, -0.2) is 0 Å². The molecule has 12 heavy (non-hydrogen) atoms. The highest BCUT2D eigenvalue weighted by atomic mass is 127. The molecule has 1 atom stereocenters. The van der Waals surface area contributed by atoms with Crippen LogP contribution in [0, 0.1) is 3.01 Å². The first-order chi connectivity index (χ1) is 5.84. The first kappa shape index (κ1) is 8.83. The van der Waals surface area contributed by atoms with Crippen LogP contribution in [-0.2, 0) is 11.2 Å². The van der Waals surface area contributed by atoms with Gasteiger partial charge in [0.15, 0.2) is 3.01 Å². The third kappa shape index (κ3) is 2.14. The molecular weight excluding hydrogens is 287 g/mol. The van der Waals surface area contributed by atoms with Crippen LogP contribution in [0.2, 0.25) is 0 Å². The number of hydrogen-bond acceptors (Lipinski definition) is 4. The van der Waals surface area contributed by atoms with Crippen LogP contribution in [0.15, 0.2) is 0 Å². The predicted molar refractivity (Wildman–Crippen MR) is 55.3 cm³/mol. The van der Waals surface area contributed by atoms with Gasteiger partial charge in [0.1, 0.15) is 5.01 Å². The lowest BCUT2D eigenvalue weighted by atomic mass is 10.2. The van der Waals surface area contributed by atoms with E-state index < -0.39 is 0 Å². The van der Waals surface area contributed by atoms with Gasteiger partial charge in [-0.05, 0) is 35.4 Å². The second-order valence-electron chi connectivity index (χ2n) is 2.79. The Kier molecular flexibility index (Phi) is 2.92. The van der Waals surface area contributed by atoms with Crippen molar-refractivity contribution in [3.63, 3.8) is 0 Å². The molecular formula is C7H9IN2OS. The zero-order chi connectivity index (χ0) is 8.39. The van der Waals surface area contributed by atoms with Crippen molar-refractivity contribution in [1.82, 2.24) is 10.2 Å². The first-order valence-corrected chi connectivity index (χ1v) is 5.83. The fourth-order valence-electron chi connectivity index (χ4n) is 1.32. The minimum absolute atomic E-state index is 0.397. The Hall–Kier alpha value is 0.250. The zero-order valence-electron chi connectivity index (χ0n) is 6.49. The smallest absolute Gasteiger partial charge is 0.178 e. The maximum atomic E-state index is 5.50. The molecule has 0 radical (unpaired) electrons. The maximum Gasteiger partial charge on any atom is 0.178 e. The van der Waals surface area contributed by atoms with E-state index in [1.165, 1.54) is 12.8 Å². The number of ether oxygens (including phenoxy) is 1. The molecule has 2 rings (SSSR count). The van der Waals surface area contributed by atoms with E-state index >= 15 is 0 Å². The quantitative estimate of drug-likeness (QED) is 0.781. The third-order valence-corrected chi connectivity index (χ3v) is 3.48. The van der Waals surface area contributed by atoms with Crippen LogP contribution in [0.25, 0.3) is 0 Å². The van der Waals surface area contributed by atoms with E-state index in [9.17, 15) is 0 Å². The van der Waals surface area contributed by atoms with Crippen molar-refractivity contribution >= 4 is 33.9 Å². The Balaban J connectivity index is 1.94. The highest BCUT2D eigenvalue weighted by Crippen LogP contribution is 2.19. The monoisotopic (exact) mass is 296 g/mol. The van der Waals surface area contributed by atoms with Crippen molar-refractivity contribution < 1.29 is 4.74 Å². The van der Waals surface area contributed by atoms with Gasteiger partial charge in [0, 0.05) is 13.0 Å². The Morgan fingerprint density at radius 2 is 2.50 bits per heavy atom. The Bertz CT molecular complexity index is 260. The van der Waals surface area contributed by atoms with E-state index in [4.69, 9.17) is 4.74 Å². The highest BCUT2D eigenvalue weighted by Gasteiger charge is 2.17. The Morgan fingerprint density at radius 1 is 1.58 bits per heavy atom.